The van der Waals surface area contributed by atoms with E-state index < -0.39 is 11.9 Å². The highest BCUT2D eigenvalue weighted by molar-refractivity contribution is 6.30. The largest absolute Gasteiger partial charge is 0.482 e. The molecule has 142 valence electrons. The van der Waals surface area contributed by atoms with Crippen LogP contribution in [-0.2, 0) is 16.1 Å². The van der Waals surface area contributed by atoms with Gasteiger partial charge in [-0.3, -0.25) is 0 Å². The summed E-state index contributed by atoms with van der Waals surface area (Å²) in [5.74, 6) is -0.245. The lowest BCUT2D eigenvalue weighted by Crippen LogP contribution is -2.17. The molecule has 0 radical (unpaired) electrons. The molecule has 0 aliphatic heterocycles. The Labute approximate surface area is 167 Å². The Hall–Kier alpha value is -3.31. The lowest BCUT2D eigenvalue weighted by Gasteiger charge is -2.08. The minimum atomic E-state index is -0.570. The first-order chi connectivity index (χ1) is 13.6. The van der Waals surface area contributed by atoms with E-state index in [1.165, 1.54) is 24.3 Å². The standard InChI is InChI=1S/C22H17ClO5/c23-18-7-4-8-20(13-18)26-15-21(24)28-19-11-9-17(10-12-19)22(25)27-14-16-5-2-1-3-6-16/h1-13H,14-15H2. The molecule has 0 aliphatic rings. The van der Waals surface area contributed by atoms with Crippen LogP contribution < -0.4 is 9.47 Å². The van der Waals surface area contributed by atoms with Crippen molar-refractivity contribution in [1.82, 2.24) is 0 Å². The molecule has 0 saturated carbocycles. The van der Waals surface area contributed by atoms with Crippen molar-refractivity contribution >= 4 is 23.5 Å². The number of halogens is 1. The van der Waals surface area contributed by atoms with Gasteiger partial charge in [0.25, 0.3) is 0 Å². The Morgan fingerprint density at radius 1 is 0.821 bits per heavy atom. The van der Waals surface area contributed by atoms with Crippen LogP contribution in [0.4, 0.5) is 0 Å². The molecule has 3 aromatic rings. The monoisotopic (exact) mass is 396 g/mol. The van der Waals surface area contributed by atoms with E-state index in [0.717, 1.165) is 5.56 Å². The molecule has 0 aliphatic carbocycles. The maximum Gasteiger partial charge on any atom is 0.349 e. The molecule has 0 heterocycles. The van der Waals surface area contributed by atoms with Gasteiger partial charge in [0, 0.05) is 5.02 Å². The fraction of sp³-hybridized carbons (Fsp3) is 0.0909. The van der Waals surface area contributed by atoms with Crippen molar-refractivity contribution in [2.75, 3.05) is 6.61 Å². The third-order valence-electron chi connectivity index (χ3n) is 3.69. The molecule has 0 N–H and O–H groups in total. The molecule has 0 fully saturated rings. The summed E-state index contributed by atoms with van der Waals surface area (Å²) in [6.07, 6.45) is 0. The number of hydrogen-bond acceptors (Lipinski definition) is 5. The summed E-state index contributed by atoms with van der Waals surface area (Å²) >= 11 is 5.85. The Morgan fingerprint density at radius 2 is 1.57 bits per heavy atom. The molecule has 0 aromatic heterocycles. The van der Waals surface area contributed by atoms with Gasteiger partial charge in [0.15, 0.2) is 6.61 Å². The molecule has 5 nitrogen and oxygen atoms in total. The molecule has 0 bridgehead atoms. The number of esters is 2. The second-order valence-electron chi connectivity index (χ2n) is 5.81. The van der Waals surface area contributed by atoms with E-state index in [2.05, 4.69) is 0 Å². The van der Waals surface area contributed by atoms with Crippen LogP contribution in [0.1, 0.15) is 15.9 Å². The first-order valence-corrected chi connectivity index (χ1v) is 8.88. The van der Waals surface area contributed by atoms with Gasteiger partial charge in [-0.15, -0.1) is 0 Å². The number of benzene rings is 3. The quantitative estimate of drug-likeness (QED) is 0.428. The molecular weight excluding hydrogens is 380 g/mol. The number of rotatable bonds is 7. The van der Waals surface area contributed by atoms with Crippen molar-refractivity contribution in [2.24, 2.45) is 0 Å². The third-order valence-corrected chi connectivity index (χ3v) is 3.92. The maximum atomic E-state index is 12.1. The number of carbonyl (C=O) groups is 2. The van der Waals surface area contributed by atoms with Crippen LogP contribution in [0.15, 0.2) is 78.9 Å². The first-order valence-electron chi connectivity index (χ1n) is 8.50. The van der Waals surface area contributed by atoms with Crippen molar-refractivity contribution < 1.29 is 23.8 Å². The number of ether oxygens (including phenoxy) is 3. The zero-order chi connectivity index (χ0) is 19.8. The normalized spacial score (nSPS) is 10.2. The summed E-state index contributed by atoms with van der Waals surface area (Å²) < 4.78 is 15.8. The number of carbonyl (C=O) groups excluding carboxylic acids is 2. The van der Waals surface area contributed by atoms with Gasteiger partial charge in [-0.2, -0.15) is 0 Å². The van der Waals surface area contributed by atoms with Crippen LogP contribution in [0, 0.1) is 0 Å². The Morgan fingerprint density at radius 3 is 2.29 bits per heavy atom. The third kappa shape index (κ3) is 5.86. The Bertz CT molecular complexity index is 939. The molecule has 0 unspecified atom stereocenters. The van der Waals surface area contributed by atoms with Gasteiger partial charge in [0.05, 0.1) is 5.56 Å². The van der Waals surface area contributed by atoms with Gasteiger partial charge in [0.1, 0.15) is 18.1 Å². The number of hydrogen-bond donors (Lipinski definition) is 0. The molecule has 0 saturated heterocycles. The first kappa shape index (κ1) is 19.5. The predicted octanol–water partition coefficient (Wildman–Crippen LogP) is 4.68. The van der Waals surface area contributed by atoms with Gasteiger partial charge in [-0.25, -0.2) is 9.59 Å². The van der Waals surface area contributed by atoms with Gasteiger partial charge in [0.2, 0.25) is 0 Å². The lowest BCUT2D eigenvalue weighted by molar-refractivity contribution is -0.136. The van der Waals surface area contributed by atoms with E-state index >= 15 is 0 Å². The van der Waals surface area contributed by atoms with Crippen molar-refractivity contribution in [2.45, 2.75) is 6.61 Å². The van der Waals surface area contributed by atoms with E-state index in [-0.39, 0.29) is 13.2 Å². The molecule has 3 aromatic carbocycles. The zero-order valence-corrected chi connectivity index (χ0v) is 15.6. The topological polar surface area (TPSA) is 61.8 Å². The molecule has 0 atom stereocenters. The highest BCUT2D eigenvalue weighted by Gasteiger charge is 2.10. The molecule has 28 heavy (non-hydrogen) atoms. The predicted molar refractivity (Wildman–Crippen MR) is 105 cm³/mol. The second kappa shape index (κ2) is 9.58. The van der Waals surface area contributed by atoms with Gasteiger partial charge >= 0.3 is 11.9 Å². The second-order valence-corrected chi connectivity index (χ2v) is 6.24. The van der Waals surface area contributed by atoms with E-state index in [1.807, 2.05) is 30.3 Å². The minimum Gasteiger partial charge on any atom is -0.482 e. The van der Waals surface area contributed by atoms with Crippen LogP contribution in [0.25, 0.3) is 0 Å². The summed E-state index contributed by atoms with van der Waals surface area (Å²) in [7, 11) is 0. The zero-order valence-electron chi connectivity index (χ0n) is 14.8. The van der Waals surface area contributed by atoms with E-state index in [4.69, 9.17) is 25.8 Å². The summed E-state index contributed by atoms with van der Waals surface area (Å²) in [6.45, 7) is -0.0710. The smallest absolute Gasteiger partial charge is 0.349 e. The van der Waals surface area contributed by atoms with Crippen LogP contribution >= 0.6 is 11.6 Å². The van der Waals surface area contributed by atoms with E-state index in [9.17, 15) is 9.59 Å². The van der Waals surface area contributed by atoms with Crippen LogP contribution in [-0.4, -0.2) is 18.5 Å². The van der Waals surface area contributed by atoms with Gasteiger partial charge in [-0.05, 0) is 48.0 Å². The molecular formula is C22H17ClO5. The molecule has 0 amide bonds. The van der Waals surface area contributed by atoms with E-state index in [0.29, 0.717) is 22.1 Å². The maximum absolute atomic E-state index is 12.1. The summed E-state index contributed by atoms with van der Waals surface area (Å²) in [4.78, 5) is 24.0. The van der Waals surface area contributed by atoms with Crippen molar-refractivity contribution in [3.8, 4) is 11.5 Å². The summed E-state index contributed by atoms with van der Waals surface area (Å²) in [6, 6.07) is 22.2. The highest BCUT2D eigenvalue weighted by atomic mass is 35.5. The van der Waals surface area contributed by atoms with Crippen molar-refractivity contribution in [3.63, 3.8) is 0 Å². The Balaban J connectivity index is 1.48. The van der Waals surface area contributed by atoms with E-state index in [1.54, 1.807) is 24.3 Å². The fourth-order valence-corrected chi connectivity index (χ4v) is 2.51. The molecule has 3 rings (SSSR count). The summed E-state index contributed by atoms with van der Waals surface area (Å²) in [5, 5.41) is 0.514. The van der Waals surface area contributed by atoms with Crippen LogP contribution in [0.3, 0.4) is 0 Å². The average molecular weight is 397 g/mol. The SMILES string of the molecule is O=C(COc1cccc(Cl)c1)Oc1ccc(C(=O)OCc2ccccc2)cc1. The Kier molecular flexibility index (Phi) is 6.65. The lowest BCUT2D eigenvalue weighted by atomic mass is 10.2. The molecule has 0 spiro atoms. The van der Waals surface area contributed by atoms with Gasteiger partial charge in [-0.1, -0.05) is 48.0 Å². The van der Waals surface area contributed by atoms with Crippen molar-refractivity contribution in [3.05, 3.63) is 95.0 Å². The average Bonchev–Trinajstić information content (AvgIpc) is 2.72. The fourth-order valence-electron chi connectivity index (χ4n) is 2.33. The van der Waals surface area contributed by atoms with Gasteiger partial charge < -0.3 is 14.2 Å². The minimum absolute atomic E-state index is 0.192. The van der Waals surface area contributed by atoms with Crippen molar-refractivity contribution in [1.29, 1.82) is 0 Å². The van der Waals surface area contributed by atoms with Crippen LogP contribution in [0.2, 0.25) is 5.02 Å². The van der Waals surface area contributed by atoms with Crippen LogP contribution in [0.5, 0.6) is 11.5 Å². The summed E-state index contributed by atoms with van der Waals surface area (Å²) in [5.41, 5.74) is 1.27. The highest BCUT2D eigenvalue weighted by Crippen LogP contribution is 2.18. The molecule has 6 heteroatoms.